The summed E-state index contributed by atoms with van der Waals surface area (Å²) in [6, 6.07) is 16.2. The van der Waals surface area contributed by atoms with E-state index in [1.807, 2.05) is 40.6 Å². The molecule has 1 aliphatic rings. The van der Waals surface area contributed by atoms with Crippen LogP contribution in [0.1, 0.15) is 24.0 Å². The van der Waals surface area contributed by atoms with E-state index in [1.165, 1.54) is 29.2 Å². The highest BCUT2D eigenvalue weighted by molar-refractivity contribution is 7.98. The maximum Gasteiger partial charge on any atom is 0.272 e. The lowest BCUT2D eigenvalue weighted by Crippen LogP contribution is -2.23. The first-order chi connectivity index (χ1) is 15.6. The maximum absolute atomic E-state index is 14.3. The Labute approximate surface area is 192 Å². The lowest BCUT2D eigenvalue weighted by Gasteiger charge is -2.16. The van der Waals surface area contributed by atoms with Gasteiger partial charge in [-0.2, -0.15) is 0 Å². The number of hydrogen-bond acceptors (Lipinski definition) is 5. The molecule has 1 amide bonds. The molecule has 0 unspecified atom stereocenters. The minimum Gasteiger partial charge on any atom is -0.312 e. The fraction of sp³-hybridized carbons (Fsp3) is 0.208. The van der Waals surface area contributed by atoms with Crippen LogP contribution in [0.5, 0.6) is 0 Å². The second-order valence-corrected chi connectivity index (χ2v) is 9.47. The summed E-state index contributed by atoms with van der Waals surface area (Å²) in [7, 11) is 0. The predicted molar refractivity (Wildman–Crippen MR) is 127 cm³/mol. The topological polar surface area (TPSA) is 55.2 Å². The molecule has 2 aromatic heterocycles. The molecule has 1 saturated heterocycles. The molecule has 5 nitrogen and oxygen atoms in total. The molecule has 0 radical (unpaired) electrons. The van der Waals surface area contributed by atoms with Gasteiger partial charge in [-0.25, -0.2) is 9.37 Å². The molecule has 1 aliphatic heterocycles. The van der Waals surface area contributed by atoms with Gasteiger partial charge in [0.25, 0.3) is 5.56 Å². The minimum atomic E-state index is -0.339. The summed E-state index contributed by atoms with van der Waals surface area (Å²) < 4.78 is 16.4. The zero-order chi connectivity index (χ0) is 22.1. The van der Waals surface area contributed by atoms with Crippen LogP contribution in [0.3, 0.4) is 0 Å². The van der Waals surface area contributed by atoms with Crippen LogP contribution in [0.25, 0.3) is 10.2 Å². The van der Waals surface area contributed by atoms with Crippen molar-refractivity contribution in [3.05, 3.63) is 87.3 Å². The molecule has 0 spiro atoms. The van der Waals surface area contributed by atoms with Crippen molar-refractivity contribution in [2.45, 2.75) is 30.3 Å². The van der Waals surface area contributed by atoms with Gasteiger partial charge in [-0.3, -0.25) is 14.2 Å². The average molecular weight is 466 g/mol. The Balaban J connectivity index is 1.41. The van der Waals surface area contributed by atoms with E-state index in [4.69, 9.17) is 0 Å². The van der Waals surface area contributed by atoms with Crippen molar-refractivity contribution < 1.29 is 9.18 Å². The Morgan fingerprint density at radius 1 is 1.06 bits per heavy atom. The molecule has 0 bridgehead atoms. The number of thioether (sulfide) groups is 1. The van der Waals surface area contributed by atoms with Gasteiger partial charge in [0.15, 0.2) is 5.16 Å². The maximum atomic E-state index is 14.3. The van der Waals surface area contributed by atoms with Crippen LogP contribution in [0.15, 0.2) is 69.9 Å². The molecular weight excluding hydrogens is 445 g/mol. The molecule has 0 aliphatic carbocycles. The second kappa shape index (κ2) is 8.88. The van der Waals surface area contributed by atoms with Crippen LogP contribution in [0.4, 0.5) is 10.1 Å². The van der Waals surface area contributed by atoms with Crippen LogP contribution < -0.4 is 10.5 Å². The zero-order valence-electron chi connectivity index (χ0n) is 17.2. The Kier molecular flexibility index (Phi) is 5.80. The average Bonchev–Trinajstić information content (AvgIpc) is 3.45. The van der Waals surface area contributed by atoms with E-state index in [0.29, 0.717) is 33.1 Å². The van der Waals surface area contributed by atoms with Crippen molar-refractivity contribution >= 4 is 44.9 Å². The third kappa shape index (κ3) is 4.08. The van der Waals surface area contributed by atoms with E-state index in [9.17, 15) is 14.0 Å². The Morgan fingerprint density at radius 3 is 2.62 bits per heavy atom. The number of amides is 1. The highest BCUT2D eigenvalue weighted by Gasteiger charge is 2.21. The molecule has 0 saturated carbocycles. The van der Waals surface area contributed by atoms with Crippen molar-refractivity contribution in [3.8, 4) is 0 Å². The van der Waals surface area contributed by atoms with Crippen molar-refractivity contribution in [2.75, 3.05) is 11.4 Å². The first-order valence-corrected chi connectivity index (χ1v) is 12.2. The highest BCUT2D eigenvalue weighted by Crippen LogP contribution is 2.27. The number of nitrogens with zero attached hydrogens (tertiary/aromatic N) is 3. The molecular formula is C24H20FN3O2S2. The summed E-state index contributed by atoms with van der Waals surface area (Å²) in [5.74, 6) is 0.430. The summed E-state index contributed by atoms with van der Waals surface area (Å²) in [6.07, 6.45) is 1.50. The van der Waals surface area contributed by atoms with Gasteiger partial charge in [0.05, 0.1) is 12.1 Å². The first kappa shape index (κ1) is 20.9. The lowest BCUT2D eigenvalue weighted by atomic mass is 10.2. The van der Waals surface area contributed by atoms with Crippen LogP contribution >= 0.6 is 23.1 Å². The number of benzene rings is 2. The van der Waals surface area contributed by atoms with E-state index < -0.39 is 0 Å². The summed E-state index contributed by atoms with van der Waals surface area (Å²) >= 11 is 2.80. The number of thiophene rings is 1. The fourth-order valence-electron chi connectivity index (χ4n) is 3.81. The second-order valence-electron chi connectivity index (χ2n) is 7.62. The van der Waals surface area contributed by atoms with Crippen LogP contribution in [0.2, 0.25) is 0 Å². The molecule has 5 rings (SSSR count). The van der Waals surface area contributed by atoms with Crippen molar-refractivity contribution in [3.63, 3.8) is 0 Å². The molecule has 3 heterocycles. The quantitative estimate of drug-likeness (QED) is 0.295. The molecule has 0 atom stereocenters. The number of fused-ring (bicyclic) bond motifs is 1. The van der Waals surface area contributed by atoms with Gasteiger partial charge in [0.2, 0.25) is 5.91 Å². The molecule has 8 heteroatoms. The van der Waals surface area contributed by atoms with Crippen molar-refractivity contribution in [1.82, 2.24) is 9.55 Å². The standard InChI is InChI=1S/C24H20FN3O2S2/c25-19-5-2-1-4-17(19)14-28-23(30)22-20(11-13-31-22)26-24(28)32-15-16-7-9-18(10-8-16)27-12-3-6-21(27)29/h1-2,4-5,7-11,13H,3,6,12,14-15H2. The number of anilines is 1. The normalized spacial score (nSPS) is 13.9. The molecule has 162 valence electrons. The van der Waals surface area contributed by atoms with Gasteiger partial charge in [-0.15, -0.1) is 11.3 Å². The van der Waals surface area contributed by atoms with E-state index >= 15 is 0 Å². The molecule has 2 aromatic carbocycles. The van der Waals surface area contributed by atoms with E-state index in [2.05, 4.69) is 4.98 Å². The number of halogens is 1. The van der Waals surface area contributed by atoms with Gasteiger partial charge >= 0.3 is 0 Å². The number of carbonyl (C=O) groups is 1. The summed E-state index contributed by atoms with van der Waals surface area (Å²) in [4.78, 5) is 31.6. The first-order valence-electron chi connectivity index (χ1n) is 10.3. The van der Waals surface area contributed by atoms with Gasteiger partial charge in [-0.1, -0.05) is 42.1 Å². The Morgan fingerprint density at radius 2 is 1.88 bits per heavy atom. The number of aromatic nitrogens is 2. The molecule has 0 N–H and O–H groups in total. The third-order valence-corrected chi connectivity index (χ3v) is 7.45. The third-order valence-electron chi connectivity index (χ3n) is 5.51. The van der Waals surface area contributed by atoms with Crippen molar-refractivity contribution in [2.24, 2.45) is 0 Å². The largest absolute Gasteiger partial charge is 0.312 e. The van der Waals surface area contributed by atoms with Gasteiger partial charge in [0.1, 0.15) is 10.5 Å². The summed E-state index contributed by atoms with van der Waals surface area (Å²) in [6.45, 7) is 0.893. The summed E-state index contributed by atoms with van der Waals surface area (Å²) in [5.41, 5.74) is 2.93. The Hall–Kier alpha value is -2.97. The molecule has 1 fully saturated rings. The molecule has 32 heavy (non-hydrogen) atoms. The summed E-state index contributed by atoms with van der Waals surface area (Å²) in [5, 5.41) is 2.40. The van der Waals surface area contributed by atoms with Crippen LogP contribution in [-0.2, 0) is 17.1 Å². The highest BCUT2D eigenvalue weighted by atomic mass is 32.2. The van der Waals surface area contributed by atoms with Gasteiger partial charge in [-0.05, 0) is 41.6 Å². The van der Waals surface area contributed by atoms with Crippen molar-refractivity contribution in [1.29, 1.82) is 0 Å². The smallest absolute Gasteiger partial charge is 0.272 e. The van der Waals surface area contributed by atoms with Crippen LogP contribution in [-0.4, -0.2) is 22.0 Å². The van der Waals surface area contributed by atoms with E-state index in [-0.39, 0.29) is 23.8 Å². The van der Waals surface area contributed by atoms with Gasteiger partial charge < -0.3 is 4.90 Å². The lowest BCUT2D eigenvalue weighted by molar-refractivity contribution is -0.117. The predicted octanol–water partition coefficient (Wildman–Crippen LogP) is 5.06. The number of rotatable bonds is 6. The monoisotopic (exact) mass is 465 g/mol. The van der Waals surface area contributed by atoms with Gasteiger partial charge in [0, 0.05) is 30.0 Å². The number of hydrogen-bond donors (Lipinski definition) is 0. The van der Waals surface area contributed by atoms with E-state index in [0.717, 1.165) is 24.2 Å². The minimum absolute atomic E-state index is 0.130. The number of carbonyl (C=O) groups excluding carboxylic acids is 1. The SMILES string of the molecule is O=C1CCCN1c1ccc(CSc2nc3ccsc3c(=O)n2Cc2ccccc2F)cc1. The van der Waals surface area contributed by atoms with Crippen LogP contribution in [0, 0.1) is 5.82 Å². The molecule has 4 aromatic rings. The van der Waals surface area contributed by atoms with E-state index in [1.54, 1.807) is 22.8 Å². The zero-order valence-corrected chi connectivity index (χ0v) is 18.8. The fourth-order valence-corrected chi connectivity index (χ4v) is 5.54. The Bertz CT molecular complexity index is 1350.